The van der Waals surface area contributed by atoms with E-state index in [0.29, 0.717) is 6.04 Å². The topological polar surface area (TPSA) is 15.3 Å². The lowest BCUT2D eigenvalue weighted by Crippen LogP contribution is -2.61. The predicted molar refractivity (Wildman–Crippen MR) is 71.8 cm³/mol. The van der Waals surface area contributed by atoms with Crippen LogP contribution in [0.3, 0.4) is 0 Å². The van der Waals surface area contributed by atoms with Crippen LogP contribution in [0.1, 0.15) is 47.5 Å². The molecule has 2 nitrogen and oxygen atoms in total. The van der Waals surface area contributed by atoms with E-state index >= 15 is 0 Å². The molecule has 0 saturated carbocycles. The summed E-state index contributed by atoms with van der Waals surface area (Å²) in [6.07, 6.45) is 4.93. The maximum absolute atomic E-state index is 3.65. The van der Waals surface area contributed by atoms with E-state index < -0.39 is 0 Å². The van der Waals surface area contributed by atoms with Crippen LogP contribution in [0.25, 0.3) is 0 Å². The molecule has 0 amide bonds. The molecule has 1 rings (SSSR count). The smallest absolute Gasteiger partial charge is 0.0253 e. The van der Waals surface area contributed by atoms with Gasteiger partial charge in [-0.25, -0.2) is 0 Å². The minimum Gasteiger partial charge on any atom is -0.309 e. The quantitative estimate of drug-likeness (QED) is 0.739. The Labute approximate surface area is 101 Å². The molecule has 0 aromatic carbocycles. The van der Waals surface area contributed by atoms with Gasteiger partial charge in [0, 0.05) is 31.2 Å². The van der Waals surface area contributed by atoms with Crippen LogP contribution in [0.2, 0.25) is 0 Å². The fourth-order valence-electron chi connectivity index (χ4n) is 2.35. The number of hydrogen-bond donors (Lipinski definition) is 1. The first-order valence-electron chi connectivity index (χ1n) is 6.57. The van der Waals surface area contributed by atoms with Gasteiger partial charge in [0.05, 0.1) is 0 Å². The van der Waals surface area contributed by atoms with Crippen molar-refractivity contribution in [3.63, 3.8) is 0 Å². The number of hydrogen-bond acceptors (Lipinski definition) is 2. The number of nitrogens with one attached hydrogen (secondary N) is 1. The maximum Gasteiger partial charge on any atom is 0.0253 e. The Morgan fingerprint density at radius 2 is 2.12 bits per heavy atom. The Morgan fingerprint density at radius 1 is 1.44 bits per heavy atom. The third-order valence-electron chi connectivity index (χ3n) is 3.29. The molecule has 1 heterocycles. The summed E-state index contributed by atoms with van der Waals surface area (Å²) >= 11 is 0. The van der Waals surface area contributed by atoms with E-state index in [4.69, 9.17) is 0 Å². The molecule has 2 heteroatoms. The van der Waals surface area contributed by atoms with E-state index in [-0.39, 0.29) is 5.54 Å². The Balaban J connectivity index is 2.60. The van der Waals surface area contributed by atoms with Crippen molar-refractivity contribution in [1.29, 1.82) is 0 Å². The molecule has 1 N–H and O–H groups in total. The van der Waals surface area contributed by atoms with Crippen molar-refractivity contribution in [2.24, 2.45) is 0 Å². The predicted octanol–water partition coefficient (Wildman–Crippen LogP) is 2.81. The van der Waals surface area contributed by atoms with Crippen molar-refractivity contribution in [2.75, 3.05) is 19.6 Å². The molecule has 1 atom stereocenters. The monoisotopic (exact) mass is 224 g/mol. The molecule has 0 radical (unpaired) electrons. The van der Waals surface area contributed by atoms with E-state index in [0.717, 1.165) is 19.6 Å². The van der Waals surface area contributed by atoms with Crippen LogP contribution in [0.5, 0.6) is 0 Å². The number of rotatable bonds is 4. The average molecular weight is 224 g/mol. The third-order valence-corrected chi connectivity index (χ3v) is 3.29. The highest BCUT2D eigenvalue weighted by atomic mass is 15.2. The molecule has 16 heavy (non-hydrogen) atoms. The number of nitrogens with zero attached hydrogens (tertiary/aromatic N) is 1. The molecular formula is C14H28N2. The zero-order chi connectivity index (χ0) is 12.2. The Morgan fingerprint density at radius 3 is 2.69 bits per heavy atom. The summed E-state index contributed by atoms with van der Waals surface area (Å²) in [6, 6.07) is 0.716. The van der Waals surface area contributed by atoms with Crippen LogP contribution in [0.4, 0.5) is 0 Å². The van der Waals surface area contributed by atoms with E-state index in [2.05, 4.69) is 50.9 Å². The largest absolute Gasteiger partial charge is 0.309 e. The van der Waals surface area contributed by atoms with Gasteiger partial charge in [0.25, 0.3) is 0 Å². The summed E-state index contributed by atoms with van der Waals surface area (Å²) < 4.78 is 0. The third kappa shape index (κ3) is 4.26. The summed E-state index contributed by atoms with van der Waals surface area (Å²) in [6.45, 7) is 14.6. The lowest BCUT2D eigenvalue weighted by molar-refractivity contribution is 0.101. The van der Waals surface area contributed by atoms with E-state index in [1.54, 1.807) is 0 Å². The van der Waals surface area contributed by atoms with Crippen LogP contribution in [-0.2, 0) is 0 Å². The molecule has 0 aromatic rings. The van der Waals surface area contributed by atoms with Crippen molar-refractivity contribution in [3.8, 4) is 0 Å². The van der Waals surface area contributed by atoms with Gasteiger partial charge in [-0.3, -0.25) is 4.90 Å². The lowest BCUT2D eigenvalue weighted by atomic mass is 9.96. The van der Waals surface area contributed by atoms with Crippen molar-refractivity contribution in [3.05, 3.63) is 11.6 Å². The van der Waals surface area contributed by atoms with Gasteiger partial charge < -0.3 is 5.32 Å². The van der Waals surface area contributed by atoms with Crippen LogP contribution < -0.4 is 5.32 Å². The first-order valence-corrected chi connectivity index (χ1v) is 6.57. The van der Waals surface area contributed by atoms with Gasteiger partial charge in [0.1, 0.15) is 0 Å². The van der Waals surface area contributed by atoms with Crippen LogP contribution >= 0.6 is 0 Å². The van der Waals surface area contributed by atoms with Gasteiger partial charge in [-0.15, -0.1) is 0 Å². The second-order valence-corrected chi connectivity index (χ2v) is 5.92. The minimum atomic E-state index is 0.264. The van der Waals surface area contributed by atoms with Gasteiger partial charge in [0.15, 0.2) is 0 Å². The Kier molecular flexibility index (Phi) is 5.00. The minimum absolute atomic E-state index is 0.264. The second-order valence-electron chi connectivity index (χ2n) is 5.92. The SMILES string of the molecule is CCCC1CNC(C)(C)CN1CC=C(C)C. The Hall–Kier alpha value is -0.340. The van der Waals surface area contributed by atoms with Crippen LogP contribution in [0, 0.1) is 0 Å². The highest BCUT2D eigenvalue weighted by Gasteiger charge is 2.31. The molecule has 94 valence electrons. The fourth-order valence-corrected chi connectivity index (χ4v) is 2.35. The molecule has 0 aliphatic carbocycles. The summed E-state index contributed by atoms with van der Waals surface area (Å²) in [5.41, 5.74) is 1.69. The van der Waals surface area contributed by atoms with Crippen molar-refractivity contribution < 1.29 is 0 Å². The molecule has 1 fully saturated rings. The summed E-state index contributed by atoms with van der Waals surface area (Å²) in [5.74, 6) is 0. The van der Waals surface area contributed by atoms with E-state index in [1.807, 2.05) is 0 Å². The summed E-state index contributed by atoms with van der Waals surface area (Å²) in [5, 5.41) is 3.65. The van der Waals surface area contributed by atoms with Gasteiger partial charge in [0.2, 0.25) is 0 Å². The molecule has 0 spiro atoms. The van der Waals surface area contributed by atoms with Gasteiger partial charge in [-0.2, -0.15) is 0 Å². The zero-order valence-electron chi connectivity index (χ0n) is 11.6. The highest BCUT2D eigenvalue weighted by Crippen LogP contribution is 2.18. The molecule has 1 aliphatic heterocycles. The maximum atomic E-state index is 3.65. The molecule has 1 unspecified atom stereocenters. The summed E-state index contributed by atoms with van der Waals surface area (Å²) in [4.78, 5) is 2.63. The van der Waals surface area contributed by atoms with Crippen molar-refractivity contribution in [1.82, 2.24) is 10.2 Å². The van der Waals surface area contributed by atoms with E-state index in [9.17, 15) is 0 Å². The van der Waals surface area contributed by atoms with Crippen LogP contribution in [0.15, 0.2) is 11.6 Å². The fraction of sp³-hybridized carbons (Fsp3) is 0.857. The first-order chi connectivity index (χ1) is 7.44. The normalized spacial score (nSPS) is 25.4. The van der Waals surface area contributed by atoms with Gasteiger partial charge in [-0.05, 0) is 34.1 Å². The van der Waals surface area contributed by atoms with E-state index in [1.165, 1.54) is 18.4 Å². The Bertz CT molecular complexity index is 239. The van der Waals surface area contributed by atoms with Crippen molar-refractivity contribution >= 4 is 0 Å². The standard InChI is InChI=1S/C14H28N2/c1-6-7-13-10-15-14(4,5)11-16(13)9-8-12(2)3/h8,13,15H,6-7,9-11H2,1-5H3. The number of allylic oxidation sites excluding steroid dienone is 1. The highest BCUT2D eigenvalue weighted by molar-refractivity contribution is 4.99. The first kappa shape index (κ1) is 13.7. The molecule has 1 aliphatic rings. The average Bonchev–Trinajstić information content (AvgIpc) is 2.18. The lowest BCUT2D eigenvalue weighted by Gasteiger charge is -2.44. The zero-order valence-corrected chi connectivity index (χ0v) is 11.6. The van der Waals surface area contributed by atoms with Gasteiger partial charge in [-0.1, -0.05) is 25.0 Å². The number of piperazine rings is 1. The molecule has 0 bridgehead atoms. The molecule has 1 saturated heterocycles. The van der Waals surface area contributed by atoms with Crippen molar-refractivity contribution in [2.45, 2.75) is 59.0 Å². The summed E-state index contributed by atoms with van der Waals surface area (Å²) in [7, 11) is 0. The second kappa shape index (κ2) is 5.83. The molecule has 0 aromatic heterocycles. The van der Waals surface area contributed by atoms with Crippen LogP contribution in [-0.4, -0.2) is 36.1 Å². The van der Waals surface area contributed by atoms with Gasteiger partial charge >= 0.3 is 0 Å². The molecular weight excluding hydrogens is 196 g/mol.